The summed E-state index contributed by atoms with van der Waals surface area (Å²) >= 11 is 2.52. The number of β-lactam (4-membered cyclic amide) rings is 1. The van der Waals surface area contributed by atoms with E-state index in [2.05, 4.69) is 28.8 Å². The number of esters is 1. The molecule has 47 heavy (non-hydrogen) atoms. The Balaban J connectivity index is 1.30. The summed E-state index contributed by atoms with van der Waals surface area (Å²) < 4.78 is 7.82. The number of aromatic nitrogens is 2. The molecule has 2 aromatic carbocycles. The van der Waals surface area contributed by atoms with Crippen molar-refractivity contribution < 1.29 is 28.5 Å². The number of carbonyl (C=O) groups is 3. The largest absolute Gasteiger partial charge is 0.448 e. The lowest BCUT2D eigenvalue weighted by molar-refractivity contribution is -0.684. The van der Waals surface area contributed by atoms with Crippen molar-refractivity contribution in [3.63, 3.8) is 0 Å². The second-order valence-corrected chi connectivity index (χ2v) is 12.7. The predicted molar refractivity (Wildman–Crippen MR) is 179 cm³/mol. The van der Waals surface area contributed by atoms with E-state index in [0.29, 0.717) is 17.0 Å². The van der Waals surface area contributed by atoms with Crippen molar-refractivity contribution in [2.24, 2.45) is 12.2 Å². The van der Waals surface area contributed by atoms with Gasteiger partial charge in [-0.3, -0.25) is 14.5 Å². The van der Waals surface area contributed by atoms with E-state index in [9.17, 15) is 14.4 Å². The van der Waals surface area contributed by atoms with Crippen molar-refractivity contribution in [2.75, 3.05) is 11.5 Å². The number of nitrogens with zero attached hydrogens (tertiary/aromatic N) is 4. The number of carbonyl (C=O) groups excluding carboxylic acids is 3. The number of hydrogen-bond donors (Lipinski definition) is 2. The van der Waals surface area contributed by atoms with Gasteiger partial charge in [0, 0.05) is 30.0 Å². The highest BCUT2D eigenvalue weighted by Crippen LogP contribution is 2.43. The van der Waals surface area contributed by atoms with Crippen molar-refractivity contribution in [1.82, 2.24) is 15.2 Å². The van der Waals surface area contributed by atoms with Gasteiger partial charge in [-0.2, -0.15) is 0 Å². The van der Waals surface area contributed by atoms with Crippen LogP contribution in [0.3, 0.4) is 0 Å². The van der Waals surface area contributed by atoms with Gasteiger partial charge in [0.1, 0.15) is 29.9 Å². The number of thiazole rings is 1. The van der Waals surface area contributed by atoms with Crippen LogP contribution in [-0.2, 0) is 36.6 Å². The average Bonchev–Trinajstić information content (AvgIpc) is 3.54. The lowest BCUT2D eigenvalue weighted by Crippen LogP contribution is -2.72. The number of rotatable bonds is 11. The van der Waals surface area contributed by atoms with E-state index < -0.39 is 40.9 Å². The third kappa shape index (κ3) is 5.68. The Bertz CT molecular complexity index is 1840. The molecule has 238 valence electrons. The SMILES string of the molecule is C=CC1=C(C(=O)OC(c2ccccc2)c2ccccc2)N2C(=O)C(NC(=O)C(ON=C)(c3csc(N)n3)c3cccc[n+]3C)[C@H]2SC1. The molecular formula is C34H31N6O5S2+. The first-order valence-electron chi connectivity index (χ1n) is 14.5. The Hall–Kier alpha value is -5.27. The normalized spacial score (nSPS) is 18.4. The number of nitrogen functional groups attached to an aromatic ring is 1. The minimum absolute atomic E-state index is 0.0908. The number of amides is 2. The molecule has 4 heterocycles. The van der Waals surface area contributed by atoms with Crippen molar-refractivity contribution in [3.8, 4) is 0 Å². The van der Waals surface area contributed by atoms with Gasteiger partial charge in [-0.15, -0.1) is 28.3 Å². The molecule has 0 radical (unpaired) electrons. The second-order valence-electron chi connectivity index (χ2n) is 10.7. The molecule has 3 atom stereocenters. The fraction of sp³-hybridized carbons (Fsp3) is 0.176. The smallest absolute Gasteiger partial charge is 0.356 e. The molecule has 1 fully saturated rings. The standard InChI is InChI=1S/C34H30N6O5S2/c1-4-21-19-46-30-26(38-32(43)34(45-36-2,24-20-47-33(35)37-24)25-17-11-12-18-39(25)3)29(41)40(30)27(21)31(42)44-28(22-13-7-5-8-14-22)23-15-9-6-10-16-23/h4-18,20,26,28,30H,1-2,19H2,3H3,(H2-,35,37,38,43)/p+1/t26?,30-,34?/m1/s1. The number of fused-ring (bicyclic) bond motifs is 1. The van der Waals surface area contributed by atoms with Crippen LogP contribution in [0.4, 0.5) is 5.13 Å². The van der Waals surface area contributed by atoms with E-state index in [1.54, 1.807) is 47.5 Å². The van der Waals surface area contributed by atoms with Crippen LogP contribution in [0.15, 0.2) is 120 Å². The van der Waals surface area contributed by atoms with E-state index >= 15 is 0 Å². The summed E-state index contributed by atoms with van der Waals surface area (Å²) in [5.41, 5.74) is 6.79. The summed E-state index contributed by atoms with van der Waals surface area (Å²) in [4.78, 5) is 53.6. The van der Waals surface area contributed by atoms with Gasteiger partial charge in [0.2, 0.25) is 5.69 Å². The summed E-state index contributed by atoms with van der Waals surface area (Å²) in [5, 5.41) is 7.70. The van der Waals surface area contributed by atoms with Gasteiger partial charge in [0.25, 0.3) is 11.8 Å². The minimum atomic E-state index is -1.92. The van der Waals surface area contributed by atoms with Crippen LogP contribution in [0.2, 0.25) is 0 Å². The molecule has 2 amide bonds. The zero-order chi connectivity index (χ0) is 33.1. The number of aryl methyl sites for hydroxylation is 1. The molecule has 3 N–H and O–H groups in total. The second kappa shape index (κ2) is 13.2. The Morgan fingerprint density at radius 3 is 2.36 bits per heavy atom. The summed E-state index contributed by atoms with van der Waals surface area (Å²) in [6.45, 7) is 7.34. The number of nitrogens with two attached hydrogens (primary N) is 1. The number of allylic oxidation sites excluding steroid dienone is 1. The average molecular weight is 668 g/mol. The quantitative estimate of drug-likeness (QED) is 0.0814. The summed E-state index contributed by atoms with van der Waals surface area (Å²) in [6, 6.07) is 23.0. The fourth-order valence-corrected chi connectivity index (χ4v) is 7.65. The maximum absolute atomic E-state index is 14.3. The number of benzene rings is 2. The van der Waals surface area contributed by atoms with E-state index in [1.807, 2.05) is 60.7 Å². The van der Waals surface area contributed by atoms with Crippen molar-refractivity contribution >= 4 is 52.7 Å². The first-order chi connectivity index (χ1) is 22.8. The van der Waals surface area contributed by atoms with E-state index in [0.717, 1.165) is 22.5 Å². The van der Waals surface area contributed by atoms with Gasteiger partial charge in [0.05, 0.1) is 0 Å². The van der Waals surface area contributed by atoms with Gasteiger partial charge in [0.15, 0.2) is 17.4 Å². The highest BCUT2D eigenvalue weighted by Gasteiger charge is 2.59. The van der Waals surface area contributed by atoms with Gasteiger partial charge < -0.3 is 20.6 Å². The Morgan fingerprint density at radius 1 is 1.13 bits per heavy atom. The van der Waals surface area contributed by atoms with Gasteiger partial charge in [-0.05, 0) is 22.8 Å². The molecule has 4 aromatic rings. The molecule has 11 nitrogen and oxygen atoms in total. The third-order valence-corrected chi connectivity index (χ3v) is 9.95. The van der Waals surface area contributed by atoms with Crippen LogP contribution in [0.1, 0.15) is 28.6 Å². The van der Waals surface area contributed by atoms with Gasteiger partial charge in [-0.1, -0.05) is 73.3 Å². The van der Waals surface area contributed by atoms with Crippen LogP contribution >= 0.6 is 23.1 Å². The Kier molecular flexibility index (Phi) is 8.92. The molecular weight excluding hydrogens is 637 g/mol. The maximum atomic E-state index is 14.3. The molecule has 0 bridgehead atoms. The molecule has 0 spiro atoms. The van der Waals surface area contributed by atoms with Crippen molar-refractivity contribution in [2.45, 2.75) is 23.1 Å². The Morgan fingerprint density at radius 2 is 1.79 bits per heavy atom. The molecule has 2 aromatic heterocycles. The molecule has 2 aliphatic heterocycles. The lowest BCUT2D eigenvalue weighted by atomic mass is 9.92. The number of anilines is 1. The molecule has 2 aliphatic rings. The monoisotopic (exact) mass is 667 g/mol. The number of oxime groups is 1. The van der Waals surface area contributed by atoms with Gasteiger partial charge >= 0.3 is 11.6 Å². The van der Waals surface area contributed by atoms with E-state index in [1.165, 1.54) is 16.7 Å². The van der Waals surface area contributed by atoms with Crippen molar-refractivity contribution in [1.29, 1.82) is 0 Å². The molecule has 0 saturated carbocycles. The highest BCUT2D eigenvalue weighted by atomic mass is 32.2. The third-order valence-electron chi connectivity index (χ3n) is 7.97. The molecule has 6 rings (SSSR count). The number of thioether (sulfide) groups is 1. The summed E-state index contributed by atoms with van der Waals surface area (Å²) in [5.74, 6) is -1.51. The Labute approximate surface area is 279 Å². The first-order valence-corrected chi connectivity index (χ1v) is 16.5. The molecule has 1 saturated heterocycles. The minimum Gasteiger partial charge on any atom is -0.448 e. The van der Waals surface area contributed by atoms with E-state index in [4.69, 9.17) is 15.3 Å². The summed E-state index contributed by atoms with van der Waals surface area (Å²) in [6.07, 6.45) is 2.57. The van der Waals surface area contributed by atoms with Crippen LogP contribution in [0, 0.1) is 0 Å². The van der Waals surface area contributed by atoms with Crippen LogP contribution in [0.25, 0.3) is 0 Å². The van der Waals surface area contributed by atoms with Gasteiger partial charge in [-0.25, -0.2) is 14.3 Å². The predicted octanol–water partition coefficient (Wildman–Crippen LogP) is 3.60. The topological polar surface area (TPSA) is 140 Å². The number of nitrogens with one attached hydrogen (secondary N) is 1. The zero-order valence-electron chi connectivity index (χ0n) is 25.3. The summed E-state index contributed by atoms with van der Waals surface area (Å²) in [7, 11) is 1.74. The van der Waals surface area contributed by atoms with Crippen LogP contribution in [0.5, 0.6) is 0 Å². The maximum Gasteiger partial charge on any atom is 0.356 e. The fourth-order valence-electron chi connectivity index (χ4n) is 5.71. The first kappa shape index (κ1) is 31.7. The van der Waals surface area contributed by atoms with Crippen LogP contribution < -0.4 is 15.6 Å². The lowest BCUT2D eigenvalue weighted by Gasteiger charge is -2.50. The highest BCUT2D eigenvalue weighted by molar-refractivity contribution is 8.00. The van der Waals surface area contributed by atoms with E-state index in [-0.39, 0.29) is 16.5 Å². The van der Waals surface area contributed by atoms with Crippen molar-refractivity contribution in [3.05, 3.63) is 137 Å². The number of ether oxygens (including phenoxy) is 1. The zero-order valence-corrected chi connectivity index (χ0v) is 26.9. The number of hydrogen-bond acceptors (Lipinski definition) is 10. The molecule has 2 unspecified atom stereocenters. The number of pyridine rings is 1. The molecule has 13 heteroatoms. The van der Waals surface area contributed by atoms with Crippen LogP contribution in [-0.4, -0.2) is 51.6 Å². The molecule has 0 aliphatic carbocycles.